The highest BCUT2D eigenvalue weighted by Crippen LogP contribution is 2.43. The Labute approximate surface area is 234 Å². The van der Waals surface area contributed by atoms with E-state index in [0.717, 1.165) is 39.7 Å². The second-order valence-electron chi connectivity index (χ2n) is 12.2. The van der Waals surface area contributed by atoms with Crippen molar-refractivity contribution in [2.75, 3.05) is 32.1 Å². The van der Waals surface area contributed by atoms with E-state index < -0.39 is 29.5 Å². The predicted molar refractivity (Wildman–Crippen MR) is 144 cm³/mol. The van der Waals surface area contributed by atoms with Crippen LogP contribution in [0, 0.1) is 5.92 Å². The molecule has 3 aliphatic heterocycles. The number of halogens is 3. The molecule has 12 heteroatoms. The smallest absolute Gasteiger partial charge is 0.421 e. The second kappa shape index (κ2) is 11.0. The molecule has 0 bridgehead atoms. The lowest BCUT2D eigenvalue weighted by molar-refractivity contribution is -0.269. The van der Waals surface area contributed by atoms with Gasteiger partial charge in [0, 0.05) is 44.0 Å². The first-order valence-electron chi connectivity index (χ1n) is 13.9. The van der Waals surface area contributed by atoms with Gasteiger partial charge in [0.2, 0.25) is 5.91 Å². The molecule has 0 aliphatic carbocycles. The zero-order valence-electron chi connectivity index (χ0n) is 24.2. The summed E-state index contributed by atoms with van der Waals surface area (Å²) in [5.74, 6) is -0.470. The van der Waals surface area contributed by atoms with Crippen LogP contribution < -0.4 is 16.1 Å². The Morgan fingerprint density at radius 2 is 1.75 bits per heavy atom. The van der Waals surface area contributed by atoms with E-state index >= 15 is 0 Å². The predicted octanol–water partition coefficient (Wildman–Crippen LogP) is 4.35. The average Bonchev–Trinajstić information content (AvgIpc) is 3.27. The van der Waals surface area contributed by atoms with E-state index in [2.05, 4.69) is 28.0 Å². The molecule has 4 unspecified atom stereocenters. The minimum absolute atomic E-state index is 0.0102. The van der Waals surface area contributed by atoms with Gasteiger partial charge < -0.3 is 25.0 Å². The summed E-state index contributed by atoms with van der Waals surface area (Å²) in [7, 11) is 1.04. The van der Waals surface area contributed by atoms with Crippen LogP contribution in [0.25, 0.3) is 0 Å². The minimum Gasteiger partial charge on any atom is -0.444 e. The molecule has 3 fully saturated rings. The molecule has 0 radical (unpaired) electrons. The van der Waals surface area contributed by atoms with Crippen molar-refractivity contribution in [2.24, 2.45) is 5.92 Å². The molecular weight excluding hydrogens is 527 g/mol. The molecule has 9 nitrogen and oxygen atoms in total. The maximum atomic E-state index is 13.6. The van der Waals surface area contributed by atoms with E-state index in [4.69, 9.17) is 9.47 Å². The SMILES string of the molecule is CCC1(N2NC(Nc3ccc(C(C)(OC)C(F)(F)F)cc3)C3C(=O)NCCC32)CCN(C(=O)OC(C)(C)C)CC1. The summed E-state index contributed by atoms with van der Waals surface area (Å²) < 4.78 is 51.4. The van der Waals surface area contributed by atoms with Crippen LogP contribution in [0.15, 0.2) is 24.3 Å². The Balaban J connectivity index is 1.52. The lowest BCUT2D eigenvalue weighted by Gasteiger charge is -2.49. The standard InChI is InChI=1S/C28H42F3N5O4/c1-7-27(13-16-35(17-14-27)24(38)40-25(2,3)4)36-20-12-15-32-23(37)21(20)22(34-36)33-19-10-8-18(9-11-19)26(5,39-6)28(29,30)31/h8-11,20-22,33-34H,7,12-17H2,1-6H3,(H,32,37). The average molecular weight is 570 g/mol. The first kappa shape index (κ1) is 30.4. The van der Waals surface area contributed by atoms with E-state index in [-0.39, 0.29) is 29.1 Å². The summed E-state index contributed by atoms with van der Waals surface area (Å²) in [6.07, 6.45) is -2.34. The number of alkyl halides is 3. The maximum absolute atomic E-state index is 13.6. The van der Waals surface area contributed by atoms with Crippen LogP contribution in [0.4, 0.5) is 23.7 Å². The van der Waals surface area contributed by atoms with Gasteiger partial charge in [-0.2, -0.15) is 13.2 Å². The van der Waals surface area contributed by atoms with Gasteiger partial charge in [-0.3, -0.25) is 4.79 Å². The van der Waals surface area contributed by atoms with E-state index in [1.54, 1.807) is 17.0 Å². The summed E-state index contributed by atoms with van der Waals surface area (Å²) >= 11 is 0. The van der Waals surface area contributed by atoms with Gasteiger partial charge in [-0.25, -0.2) is 15.2 Å². The van der Waals surface area contributed by atoms with Crippen LogP contribution in [0.3, 0.4) is 0 Å². The summed E-state index contributed by atoms with van der Waals surface area (Å²) in [5, 5.41) is 8.54. The molecule has 3 aliphatic rings. The van der Waals surface area contributed by atoms with Crippen molar-refractivity contribution in [3.63, 3.8) is 0 Å². The van der Waals surface area contributed by atoms with Gasteiger partial charge in [0.1, 0.15) is 11.8 Å². The summed E-state index contributed by atoms with van der Waals surface area (Å²) in [6, 6.07) is 5.87. The minimum atomic E-state index is -4.58. The molecular formula is C28H42F3N5O4. The van der Waals surface area contributed by atoms with Crippen molar-refractivity contribution in [3.05, 3.63) is 29.8 Å². The zero-order chi connectivity index (χ0) is 29.5. The number of piperidine rings is 2. The number of nitrogens with one attached hydrogen (secondary N) is 3. The fraction of sp³-hybridized carbons (Fsp3) is 0.714. The number of rotatable bonds is 6. The maximum Gasteiger partial charge on any atom is 0.421 e. The largest absolute Gasteiger partial charge is 0.444 e. The Morgan fingerprint density at radius 1 is 1.12 bits per heavy atom. The van der Waals surface area contributed by atoms with Gasteiger partial charge in [-0.05, 0) is 71.1 Å². The summed E-state index contributed by atoms with van der Waals surface area (Å²) in [5.41, 5.74) is 0.871. The zero-order valence-corrected chi connectivity index (χ0v) is 24.2. The Bertz CT molecular complexity index is 1070. The van der Waals surface area contributed by atoms with E-state index in [1.807, 2.05) is 20.8 Å². The normalized spacial score (nSPS) is 27.0. The topological polar surface area (TPSA) is 95.2 Å². The van der Waals surface area contributed by atoms with Gasteiger partial charge in [-0.15, -0.1) is 0 Å². The van der Waals surface area contributed by atoms with Gasteiger partial charge in [-0.1, -0.05) is 19.1 Å². The summed E-state index contributed by atoms with van der Waals surface area (Å²) in [4.78, 5) is 27.5. The third-order valence-corrected chi connectivity index (χ3v) is 8.65. The van der Waals surface area contributed by atoms with Crippen LogP contribution in [-0.2, 0) is 19.9 Å². The molecule has 3 N–H and O–H groups in total. The van der Waals surface area contributed by atoms with Crippen molar-refractivity contribution in [1.82, 2.24) is 20.7 Å². The fourth-order valence-corrected chi connectivity index (χ4v) is 6.07. The van der Waals surface area contributed by atoms with Crippen molar-refractivity contribution in [3.8, 4) is 0 Å². The van der Waals surface area contributed by atoms with Crippen molar-refractivity contribution in [1.29, 1.82) is 0 Å². The molecule has 4 atom stereocenters. The molecule has 40 heavy (non-hydrogen) atoms. The number of methoxy groups -OCH3 is 1. The molecule has 0 spiro atoms. The number of hydrogen-bond acceptors (Lipinski definition) is 7. The van der Waals surface area contributed by atoms with Crippen molar-refractivity contribution < 1.29 is 32.2 Å². The highest BCUT2D eigenvalue weighted by Gasteiger charge is 2.55. The third-order valence-electron chi connectivity index (χ3n) is 8.65. The van der Waals surface area contributed by atoms with Crippen LogP contribution >= 0.6 is 0 Å². The molecule has 0 aromatic heterocycles. The second-order valence-corrected chi connectivity index (χ2v) is 12.2. The van der Waals surface area contributed by atoms with E-state index in [0.29, 0.717) is 25.3 Å². The lowest BCUT2D eigenvalue weighted by atomic mass is 9.81. The highest BCUT2D eigenvalue weighted by molar-refractivity contribution is 5.82. The van der Waals surface area contributed by atoms with Crippen molar-refractivity contribution >= 4 is 17.7 Å². The number of fused-ring (bicyclic) bond motifs is 1. The van der Waals surface area contributed by atoms with E-state index in [1.165, 1.54) is 12.1 Å². The fourth-order valence-electron chi connectivity index (χ4n) is 6.07. The number of nitrogens with zero attached hydrogens (tertiary/aromatic N) is 2. The molecule has 1 aromatic rings. The van der Waals surface area contributed by atoms with Crippen LogP contribution in [-0.4, -0.2) is 78.2 Å². The van der Waals surface area contributed by atoms with Gasteiger partial charge in [0.25, 0.3) is 0 Å². The number of anilines is 1. The summed E-state index contributed by atoms with van der Waals surface area (Å²) in [6.45, 7) is 10.3. The number of benzene rings is 1. The first-order valence-corrected chi connectivity index (χ1v) is 13.9. The number of carbonyl (C=O) groups excluding carboxylic acids is 2. The van der Waals surface area contributed by atoms with E-state index in [9.17, 15) is 22.8 Å². The monoisotopic (exact) mass is 569 g/mol. The Hall–Kier alpha value is -2.57. The molecule has 4 rings (SSSR count). The van der Waals surface area contributed by atoms with Crippen LogP contribution in [0.1, 0.15) is 65.9 Å². The Morgan fingerprint density at radius 3 is 2.27 bits per heavy atom. The Kier molecular flexibility index (Phi) is 8.37. The third kappa shape index (κ3) is 5.75. The van der Waals surface area contributed by atoms with Crippen LogP contribution in [0.2, 0.25) is 0 Å². The van der Waals surface area contributed by atoms with Gasteiger partial charge in [0.15, 0.2) is 5.60 Å². The number of ether oxygens (including phenoxy) is 2. The van der Waals surface area contributed by atoms with Crippen LogP contribution in [0.5, 0.6) is 0 Å². The first-order chi connectivity index (χ1) is 18.6. The number of likely N-dealkylation sites (tertiary alicyclic amines) is 1. The van der Waals surface area contributed by atoms with Crippen molar-refractivity contribution in [2.45, 2.75) is 95.4 Å². The molecule has 2 amide bonds. The number of carbonyl (C=O) groups is 2. The molecule has 1 aromatic carbocycles. The number of hydrazine groups is 1. The van der Waals surface area contributed by atoms with Gasteiger partial charge in [0.05, 0.1) is 5.92 Å². The molecule has 0 saturated carbocycles. The molecule has 224 valence electrons. The number of amides is 2. The number of hydrogen-bond donors (Lipinski definition) is 3. The quantitative estimate of drug-likeness (QED) is 0.469. The highest BCUT2D eigenvalue weighted by atomic mass is 19.4. The molecule has 3 heterocycles. The van der Waals surface area contributed by atoms with Gasteiger partial charge >= 0.3 is 12.3 Å². The lowest BCUT2D eigenvalue weighted by Crippen LogP contribution is -2.62. The molecule has 3 saturated heterocycles.